The molecule has 0 atom stereocenters. The van der Waals surface area contributed by atoms with E-state index in [9.17, 15) is 4.39 Å². The van der Waals surface area contributed by atoms with Crippen LogP contribution in [0.25, 0.3) is 16.9 Å². The Labute approximate surface area is 108 Å². The molecule has 0 amide bonds. The number of hydrogen-bond donors (Lipinski definition) is 0. The fourth-order valence-corrected chi connectivity index (χ4v) is 2.02. The Kier molecular flexibility index (Phi) is 2.69. The molecule has 0 aliphatic carbocycles. The van der Waals surface area contributed by atoms with Gasteiger partial charge >= 0.3 is 0 Å². The number of nitriles is 1. The van der Waals surface area contributed by atoms with Gasteiger partial charge in [-0.2, -0.15) is 10.4 Å². The lowest BCUT2D eigenvalue weighted by atomic mass is 10.1. The van der Waals surface area contributed by atoms with Crippen molar-refractivity contribution >= 4 is 5.65 Å². The molecule has 1 aromatic carbocycles. The Bertz CT molecular complexity index is 768. The zero-order valence-corrected chi connectivity index (χ0v) is 9.92. The molecule has 0 aliphatic heterocycles. The molecule has 2 aromatic heterocycles. The molecule has 0 N–H and O–H groups in total. The normalized spacial score (nSPS) is 10.5. The fourth-order valence-electron chi connectivity index (χ4n) is 2.02. The fraction of sp³-hybridized carbons (Fsp3) is 0.0714. The predicted octanol–water partition coefficient (Wildman–Crippen LogP) is 2.60. The SMILES string of the molecule is N#CCc1c(-c2ccc(F)cc2)nn2cccnc12. The number of aromatic nitrogens is 3. The van der Waals surface area contributed by atoms with E-state index >= 15 is 0 Å². The number of rotatable bonds is 2. The van der Waals surface area contributed by atoms with Crippen molar-refractivity contribution in [3.63, 3.8) is 0 Å². The van der Waals surface area contributed by atoms with Gasteiger partial charge in [0.1, 0.15) is 5.82 Å². The molecule has 0 aliphatic rings. The van der Waals surface area contributed by atoms with Gasteiger partial charge in [0, 0.05) is 23.5 Å². The summed E-state index contributed by atoms with van der Waals surface area (Å²) in [6.07, 6.45) is 3.65. The summed E-state index contributed by atoms with van der Waals surface area (Å²) in [4.78, 5) is 4.24. The van der Waals surface area contributed by atoms with Crippen LogP contribution in [0.1, 0.15) is 5.56 Å². The minimum atomic E-state index is -0.299. The van der Waals surface area contributed by atoms with Crippen LogP contribution in [-0.4, -0.2) is 14.6 Å². The lowest BCUT2D eigenvalue weighted by Gasteiger charge is -1.98. The highest BCUT2D eigenvalue weighted by atomic mass is 19.1. The van der Waals surface area contributed by atoms with Crippen LogP contribution in [0.5, 0.6) is 0 Å². The van der Waals surface area contributed by atoms with E-state index in [1.807, 2.05) is 0 Å². The van der Waals surface area contributed by atoms with Crippen molar-refractivity contribution in [1.29, 1.82) is 5.26 Å². The van der Waals surface area contributed by atoms with Crippen LogP contribution < -0.4 is 0 Å². The van der Waals surface area contributed by atoms with Crippen molar-refractivity contribution in [3.05, 3.63) is 54.1 Å². The lowest BCUT2D eigenvalue weighted by molar-refractivity contribution is 0.628. The summed E-state index contributed by atoms with van der Waals surface area (Å²) in [5.41, 5.74) is 2.86. The molecule has 0 bridgehead atoms. The van der Waals surface area contributed by atoms with E-state index in [4.69, 9.17) is 5.26 Å². The van der Waals surface area contributed by atoms with Crippen molar-refractivity contribution in [3.8, 4) is 17.3 Å². The van der Waals surface area contributed by atoms with E-state index in [2.05, 4.69) is 16.2 Å². The number of nitrogens with zero attached hydrogens (tertiary/aromatic N) is 4. The first-order valence-corrected chi connectivity index (χ1v) is 5.74. The van der Waals surface area contributed by atoms with E-state index in [1.165, 1.54) is 12.1 Å². The van der Waals surface area contributed by atoms with E-state index in [-0.39, 0.29) is 12.2 Å². The summed E-state index contributed by atoms with van der Waals surface area (Å²) in [7, 11) is 0. The van der Waals surface area contributed by atoms with Gasteiger partial charge in [-0.1, -0.05) is 0 Å². The maximum atomic E-state index is 13.0. The number of benzene rings is 1. The molecule has 0 unspecified atom stereocenters. The largest absolute Gasteiger partial charge is 0.237 e. The predicted molar refractivity (Wildman–Crippen MR) is 67.7 cm³/mol. The van der Waals surface area contributed by atoms with Gasteiger partial charge in [-0.3, -0.25) is 0 Å². The second kappa shape index (κ2) is 4.50. The van der Waals surface area contributed by atoms with Gasteiger partial charge in [0.05, 0.1) is 18.2 Å². The Morgan fingerprint density at radius 1 is 1.26 bits per heavy atom. The second-order valence-corrected chi connectivity index (χ2v) is 4.06. The smallest absolute Gasteiger partial charge is 0.159 e. The molecule has 4 nitrogen and oxygen atoms in total. The minimum absolute atomic E-state index is 0.215. The Morgan fingerprint density at radius 3 is 2.79 bits per heavy atom. The molecule has 0 fully saturated rings. The van der Waals surface area contributed by atoms with E-state index in [1.54, 1.807) is 35.1 Å². The van der Waals surface area contributed by atoms with Gasteiger partial charge < -0.3 is 0 Å². The first-order valence-electron chi connectivity index (χ1n) is 5.74. The lowest BCUT2D eigenvalue weighted by Crippen LogP contribution is -1.88. The Hall–Kier alpha value is -2.74. The molecular weight excluding hydrogens is 243 g/mol. The molecule has 92 valence electrons. The molecule has 3 aromatic rings. The molecule has 19 heavy (non-hydrogen) atoms. The van der Waals surface area contributed by atoms with Gasteiger partial charge in [-0.05, 0) is 30.3 Å². The number of halogens is 1. The minimum Gasteiger partial charge on any atom is -0.237 e. The van der Waals surface area contributed by atoms with Crippen molar-refractivity contribution in [2.45, 2.75) is 6.42 Å². The van der Waals surface area contributed by atoms with Gasteiger partial charge in [-0.25, -0.2) is 13.9 Å². The molecule has 2 heterocycles. The second-order valence-electron chi connectivity index (χ2n) is 4.06. The van der Waals surface area contributed by atoms with Crippen LogP contribution in [0.3, 0.4) is 0 Å². The number of hydrogen-bond acceptors (Lipinski definition) is 3. The third-order valence-corrected chi connectivity index (χ3v) is 2.86. The first-order chi connectivity index (χ1) is 9.29. The van der Waals surface area contributed by atoms with Crippen molar-refractivity contribution in [1.82, 2.24) is 14.6 Å². The average Bonchev–Trinajstić information content (AvgIpc) is 2.79. The third-order valence-electron chi connectivity index (χ3n) is 2.86. The van der Waals surface area contributed by atoms with E-state index in [0.717, 1.165) is 11.1 Å². The third kappa shape index (κ3) is 1.93. The molecular formula is C14H9FN4. The Balaban J connectivity index is 2.25. The van der Waals surface area contributed by atoms with Gasteiger partial charge in [0.2, 0.25) is 0 Å². The number of fused-ring (bicyclic) bond motifs is 1. The van der Waals surface area contributed by atoms with Crippen LogP contribution in [0.4, 0.5) is 4.39 Å². The molecule has 3 rings (SSSR count). The van der Waals surface area contributed by atoms with Crippen molar-refractivity contribution in [2.24, 2.45) is 0 Å². The summed E-state index contributed by atoms with van der Waals surface area (Å²) in [6.45, 7) is 0. The zero-order chi connectivity index (χ0) is 13.2. The summed E-state index contributed by atoms with van der Waals surface area (Å²) in [6, 6.07) is 9.94. The summed E-state index contributed by atoms with van der Waals surface area (Å²) in [5, 5.41) is 13.3. The molecule has 0 spiro atoms. The van der Waals surface area contributed by atoms with Crippen LogP contribution >= 0.6 is 0 Å². The van der Waals surface area contributed by atoms with Gasteiger partial charge in [-0.15, -0.1) is 0 Å². The molecule has 0 saturated carbocycles. The molecule has 5 heteroatoms. The highest BCUT2D eigenvalue weighted by molar-refractivity contribution is 5.71. The quantitative estimate of drug-likeness (QED) is 0.704. The van der Waals surface area contributed by atoms with Crippen LogP contribution in [0, 0.1) is 17.1 Å². The highest BCUT2D eigenvalue weighted by Gasteiger charge is 2.14. The van der Waals surface area contributed by atoms with Gasteiger partial charge in [0.15, 0.2) is 5.65 Å². The zero-order valence-electron chi connectivity index (χ0n) is 9.92. The highest BCUT2D eigenvalue weighted by Crippen LogP contribution is 2.25. The standard InChI is InChI=1S/C14H9FN4/c15-11-4-2-10(3-5-11)13-12(6-7-16)14-17-8-1-9-19(14)18-13/h1-5,8-9H,6H2. The summed E-state index contributed by atoms with van der Waals surface area (Å²) in [5.74, 6) is -0.299. The van der Waals surface area contributed by atoms with E-state index in [0.29, 0.717) is 11.3 Å². The molecule has 0 radical (unpaired) electrons. The maximum Gasteiger partial charge on any atom is 0.159 e. The topological polar surface area (TPSA) is 54.0 Å². The van der Waals surface area contributed by atoms with Gasteiger partial charge in [0.25, 0.3) is 0 Å². The Morgan fingerprint density at radius 2 is 2.05 bits per heavy atom. The summed E-state index contributed by atoms with van der Waals surface area (Å²) < 4.78 is 14.6. The van der Waals surface area contributed by atoms with Crippen LogP contribution in [-0.2, 0) is 6.42 Å². The molecule has 0 saturated heterocycles. The van der Waals surface area contributed by atoms with Crippen LogP contribution in [0.2, 0.25) is 0 Å². The van der Waals surface area contributed by atoms with Crippen molar-refractivity contribution < 1.29 is 4.39 Å². The van der Waals surface area contributed by atoms with E-state index < -0.39 is 0 Å². The monoisotopic (exact) mass is 252 g/mol. The first kappa shape index (κ1) is 11.4. The maximum absolute atomic E-state index is 13.0. The van der Waals surface area contributed by atoms with Crippen molar-refractivity contribution in [2.75, 3.05) is 0 Å². The van der Waals surface area contributed by atoms with Crippen LogP contribution in [0.15, 0.2) is 42.7 Å². The summed E-state index contributed by atoms with van der Waals surface area (Å²) >= 11 is 0. The average molecular weight is 252 g/mol.